The van der Waals surface area contributed by atoms with E-state index in [9.17, 15) is 0 Å². The summed E-state index contributed by atoms with van der Waals surface area (Å²) in [7, 11) is 0. The van der Waals surface area contributed by atoms with Crippen LogP contribution in [0, 0.1) is 17.2 Å². The predicted octanol–water partition coefficient (Wildman–Crippen LogP) is 2.59. The van der Waals surface area contributed by atoms with Crippen molar-refractivity contribution in [1.82, 2.24) is 15.4 Å². The van der Waals surface area contributed by atoms with Crippen molar-refractivity contribution in [3.8, 4) is 6.07 Å². The second kappa shape index (κ2) is 5.24. The molecule has 0 saturated carbocycles. The molecule has 5 heterocycles. The van der Waals surface area contributed by atoms with Crippen LogP contribution in [0.4, 0.5) is 5.13 Å². The summed E-state index contributed by atoms with van der Waals surface area (Å²) in [5.41, 5.74) is 4.48. The van der Waals surface area contributed by atoms with Gasteiger partial charge in [0.15, 0.2) is 0 Å². The van der Waals surface area contributed by atoms with Gasteiger partial charge in [0.2, 0.25) is 5.13 Å². The van der Waals surface area contributed by atoms with Gasteiger partial charge in [0, 0.05) is 13.0 Å². The van der Waals surface area contributed by atoms with E-state index in [4.69, 9.17) is 10.1 Å². The Kier molecular flexibility index (Phi) is 3.13. The first-order chi connectivity index (χ1) is 11.7. The summed E-state index contributed by atoms with van der Waals surface area (Å²) in [5.74, 6) is 1.49. The van der Waals surface area contributed by atoms with Crippen LogP contribution in [0.3, 0.4) is 0 Å². The largest absolute Gasteiger partial charge is 0.300 e. The molecule has 6 nitrogen and oxygen atoms in total. The molecule has 0 radical (unpaired) electrons. The smallest absolute Gasteiger partial charge is 0.211 e. The minimum Gasteiger partial charge on any atom is -0.300 e. The molecule has 1 aromatic carbocycles. The van der Waals surface area contributed by atoms with Crippen LogP contribution in [0.25, 0.3) is 10.2 Å². The van der Waals surface area contributed by atoms with Crippen molar-refractivity contribution >= 4 is 32.5 Å². The van der Waals surface area contributed by atoms with E-state index < -0.39 is 0 Å². The molecular formula is C17H17N5OS. The molecule has 0 amide bonds. The highest BCUT2D eigenvalue weighted by Gasteiger charge is 2.52. The molecule has 4 fully saturated rings. The molecular weight excluding hydrogens is 322 g/mol. The second-order valence-corrected chi connectivity index (χ2v) is 7.85. The quantitative estimate of drug-likeness (QED) is 0.864. The topological polar surface area (TPSA) is 73.5 Å². The van der Waals surface area contributed by atoms with Crippen molar-refractivity contribution in [3.05, 3.63) is 23.8 Å². The van der Waals surface area contributed by atoms with Crippen molar-refractivity contribution in [2.24, 2.45) is 10.9 Å². The van der Waals surface area contributed by atoms with Gasteiger partial charge in [0.1, 0.15) is 11.4 Å². The van der Waals surface area contributed by atoms with Gasteiger partial charge in [-0.2, -0.15) is 5.26 Å². The van der Waals surface area contributed by atoms with E-state index in [2.05, 4.69) is 26.4 Å². The van der Waals surface area contributed by atoms with Crippen LogP contribution >= 0.6 is 11.3 Å². The first kappa shape index (κ1) is 14.3. The van der Waals surface area contributed by atoms with Crippen LogP contribution in [-0.2, 0) is 4.84 Å². The first-order valence-corrected chi connectivity index (χ1v) is 9.10. The van der Waals surface area contributed by atoms with Crippen LogP contribution < -0.4 is 5.48 Å². The molecule has 7 heteroatoms. The molecule has 1 unspecified atom stereocenters. The van der Waals surface area contributed by atoms with Crippen molar-refractivity contribution in [2.75, 3.05) is 19.6 Å². The van der Waals surface area contributed by atoms with E-state index >= 15 is 0 Å². The number of thiazole rings is 1. The van der Waals surface area contributed by atoms with Crippen molar-refractivity contribution in [2.45, 2.75) is 24.9 Å². The monoisotopic (exact) mass is 339 g/mol. The Bertz CT molecular complexity index is 877. The highest BCUT2D eigenvalue weighted by Crippen LogP contribution is 2.42. The summed E-state index contributed by atoms with van der Waals surface area (Å²) in [6.07, 6.45) is 3.26. The number of rotatable bonds is 1. The van der Waals surface area contributed by atoms with E-state index in [0.29, 0.717) is 16.6 Å². The molecule has 1 N–H and O–H groups in total. The zero-order valence-corrected chi connectivity index (χ0v) is 14.0. The van der Waals surface area contributed by atoms with Gasteiger partial charge in [-0.25, -0.2) is 9.98 Å². The Morgan fingerprint density at radius 3 is 3.04 bits per heavy atom. The molecule has 1 spiro atoms. The van der Waals surface area contributed by atoms with Crippen molar-refractivity contribution < 1.29 is 4.84 Å². The lowest BCUT2D eigenvalue weighted by molar-refractivity contribution is -0.150. The van der Waals surface area contributed by atoms with Gasteiger partial charge in [-0.05, 0) is 50.0 Å². The maximum Gasteiger partial charge on any atom is 0.211 e. The number of hydrogen-bond acceptors (Lipinski definition) is 6. The number of fused-ring (bicyclic) bond motifs is 3. The Hall–Kier alpha value is -2.01. The van der Waals surface area contributed by atoms with E-state index in [1.54, 1.807) is 6.07 Å². The molecule has 2 aromatic rings. The lowest BCUT2D eigenvalue weighted by atomic mass is 9.74. The van der Waals surface area contributed by atoms with Gasteiger partial charge in [-0.1, -0.05) is 11.3 Å². The SMILES string of the molecule is N#Cc1ccc2nc(N=C3CC4(CN5CCC4CC5)ON3)sc2c1. The predicted molar refractivity (Wildman–Crippen MR) is 92.2 cm³/mol. The van der Waals surface area contributed by atoms with Crippen molar-refractivity contribution in [1.29, 1.82) is 5.26 Å². The average Bonchev–Trinajstić information content (AvgIpc) is 3.19. The zero-order valence-electron chi connectivity index (χ0n) is 13.2. The molecule has 4 aliphatic rings. The van der Waals surface area contributed by atoms with Crippen LogP contribution in [0.1, 0.15) is 24.8 Å². The number of benzene rings is 1. The van der Waals surface area contributed by atoms with E-state index in [0.717, 1.165) is 29.0 Å². The number of aromatic nitrogens is 1. The third-order valence-corrected chi connectivity index (χ3v) is 6.31. The van der Waals surface area contributed by atoms with Gasteiger partial charge in [0.05, 0.1) is 21.8 Å². The molecule has 0 aliphatic carbocycles. The molecule has 4 saturated heterocycles. The van der Waals surface area contributed by atoms with Gasteiger partial charge >= 0.3 is 0 Å². The summed E-state index contributed by atoms with van der Waals surface area (Å²) >= 11 is 1.51. The fourth-order valence-corrected chi connectivity index (χ4v) is 5.07. The number of aliphatic imine (C=N–C) groups is 1. The van der Waals surface area contributed by atoms with Crippen LogP contribution in [-0.4, -0.2) is 41.0 Å². The van der Waals surface area contributed by atoms with Crippen molar-refractivity contribution in [3.63, 3.8) is 0 Å². The fourth-order valence-electron chi connectivity index (χ4n) is 4.16. The lowest BCUT2D eigenvalue weighted by Crippen LogP contribution is -2.59. The van der Waals surface area contributed by atoms with E-state index in [1.165, 1.54) is 37.3 Å². The van der Waals surface area contributed by atoms with E-state index in [-0.39, 0.29) is 5.60 Å². The highest BCUT2D eigenvalue weighted by molar-refractivity contribution is 7.22. The Morgan fingerprint density at radius 2 is 2.29 bits per heavy atom. The number of nitrogens with one attached hydrogen (secondary N) is 1. The average molecular weight is 339 g/mol. The normalized spacial score (nSPS) is 33.2. The van der Waals surface area contributed by atoms with Gasteiger partial charge < -0.3 is 4.90 Å². The number of hydroxylamine groups is 1. The number of hydrogen-bond donors (Lipinski definition) is 1. The Morgan fingerprint density at radius 1 is 1.42 bits per heavy atom. The Labute approximate surface area is 143 Å². The number of nitriles is 1. The lowest BCUT2D eigenvalue weighted by Gasteiger charge is -2.49. The van der Waals surface area contributed by atoms with Gasteiger partial charge in [-0.15, -0.1) is 0 Å². The number of nitrogens with zero attached hydrogens (tertiary/aromatic N) is 4. The summed E-state index contributed by atoms with van der Waals surface area (Å²) < 4.78 is 0.991. The number of piperidine rings is 3. The first-order valence-electron chi connectivity index (χ1n) is 8.29. The van der Waals surface area contributed by atoms with Crippen LogP contribution in [0.2, 0.25) is 0 Å². The summed E-state index contributed by atoms with van der Waals surface area (Å²) in [4.78, 5) is 17.7. The summed E-state index contributed by atoms with van der Waals surface area (Å²) in [5, 5.41) is 9.71. The zero-order chi connectivity index (χ0) is 16.1. The van der Waals surface area contributed by atoms with Gasteiger partial charge in [-0.3, -0.25) is 10.3 Å². The van der Waals surface area contributed by atoms with Crippen LogP contribution in [0.15, 0.2) is 23.2 Å². The van der Waals surface area contributed by atoms with Crippen LogP contribution in [0.5, 0.6) is 0 Å². The number of amidine groups is 1. The minimum atomic E-state index is -0.111. The standard InChI is InChI=1S/C17H17N5OS/c18-9-11-1-2-13-14(7-11)24-16(19-13)20-15-8-17(23-21-15)10-22-5-3-12(17)4-6-22/h1-2,7,12H,3-6,8,10H2,(H,19,20,21). The Balaban J connectivity index is 1.42. The second-order valence-electron chi connectivity index (χ2n) is 6.85. The molecule has 6 rings (SSSR count). The van der Waals surface area contributed by atoms with E-state index in [1.807, 2.05) is 12.1 Å². The summed E-state index contributed by atoms with van der Waals surface area (Å²) in [6, 6.07) is 7.69. The fraction of sp³-hybridized carbons (Fsp3) is 0.471. The summed E-state index contributed by atoms with van der Waals surface area (Å²) in [6.45, 7) is 3.39. The molecule has 122 valence electrons. The molecule has 4 aliphatic heterocycles. The molecule has 1 aromatic heterocycles. The maximum atomic E-state index is 9.00. The highest BCUT2D eigenvalue weighted by atomic mass is 32.1. The third kappa shape index (κ3) is 2.22. The molecule has 24 heavy (non-hydrogen) atoms. The molecule has 2 bridgehead atoms. The maximum absolute atomic E-state index is 9.00. The minimum absolute atomic E-state index is 0.111. The third-order valence-electron chi connectivity index (χ3n) is 5.40. The molecule has 1 atom stereocenters. The van der Waals surface area contributed by atoms with Gasteiger partial charge in [0.25, 0.3) is 0 Å².